The van der Waals surface area contributed by atoms with Gasteiger partial charge >= 0.3 is 0 Å². The first-order valence-corrected chi connectivity index (χ1v) is 11.3. The predicted molar refractivity (Wildman–Crippen MR) is 120 cm³/mol. The normalized spacial score (nSPS) is 11.1. The summed E-state index contributed by atoms with van der Waals surface area (Å²) >= 11 is 6.12. The van der Waals surface area contributed by atoms with E-state index >= 15 is 0 Å². The fourth-order valence-corrected chi connectivity index (χ4v) is 3.61. The zero-order valence-corrected chi connectivity index (χ0v) is 18.3. The molecule has 1 N–H and O–H groups in total. The lowest BCUT2D eigenvalue weighted by atomic mass is 10.1. The third-order valence-electron chi connectivity index (χ3n) is 4.55. The number of ether oxygens (including phenoxy) is 1. The molecule has 0 aliphatic carbocycles. The van der Waals surface area contributed by atoms with Gasteiger partial charge < -0.3 is 10.1 Å². The highest BCUT2D eigenvalue weighted by atomic mass is 35.5. The van der Waals surface area contributed by atoms with Crippen LogP contribution in [0.25, 0.3) is 0 Å². The van der Waals surface area contributed by atoms with Crippen LogP contribution < -0.4 is 14.4 Å². The SMILES string of the molecule is Cc1c(C(=O)Nc2cc(Cl)ccc2Oc2ccccc2)cccc1N(C)S(C)(=O)=O. The molecule has 0 aromatic heterocycles. The van der Waals surface area contributed by atoms with E-state index in [9.17, 15) is 13.2 Å². The molecule has 3 aromatic rings. The second-order valence-corrected chi connectivity index (χ2v) is 9.14. The van der Waals surface area contributed by atoms with Gasteiger partial charge in [0, 0.05) is 17.6 Å². The topological polar surface area (TPSA) is 75.7 Å². The van der Waals surface area contributed by atoms with Crippen molar-refractivity contribution in [1.82, 2.24) is 0 Å². The molecule has 156 valence electrons. The average molecular weight is 445 g/mol. The van der Waals surface area contributed by atoms with Gasteiger partial charge in [-0.15, -0.1) is 0 Å². The Morgan fingerprint density at radius 3 is 2.40 bits per heavy atom. The summed E-state index contributed by atoms with van der Waals surface area (Å²) in [5, 5.41) is 3.26. The van der Waals surface area contributed by atoms with E-state index in [0.717, 1.165) is 10.6 Å². The number of carbonyl (C=O) groups is 1. The third-order valence-corrected chi connectivity index (χ3v) is 5.97. The maximum absolute atomic E-state index is 13.0. The first kappa shape index (κ1) is 21.7. The Hall–Kier alpha value is -3.03. The van der Waals surface area contributed by atoms with Crippen LogP contribution in [-0.4, -0.2) is 27.6 Å². The Kier molecular flexibility index (Phi) is 6.34. The van der Waals surface area contributed by atoms with Crippen LogP contribution >= 0.6 is 11.6 Å². The van der Waals surface area contributed by atoms with E-state index < -0.39 is 15.9 Å². The van der Waals surface area contributed by atoms with Crippen molar-refractivity contribution in [2.24, 2.45) is 0 Å². The minimum atomic E-state index is -3.46. The van der Waals surface area contributed by atoms with E-state index in [2.05, 4.69) is 5.32 Å². The first-order valence-electron chi connectivity index (χ1n) is 9.04. The summed E-state index contributed by atoms with van der Waals surface area (Å²) in [5.41, 5.74) is 1.71. The van der Waals surface area contributed by atoms with Gasteiger partial charge in [0.1, 0.15) is 5.75 Å². The largest absolute Gasteiger partial charge is 0.455 e. The Morgan fingerprint density at radius 2 is 1.73 bits per heavy atom. The fourth-order valence-electron chi connectivity index (χ4n) is 2.88. The molecular weight excluding hydrogens is 424 g/mol. The Balaban J connectivity index is 1.92. The van der Waals surface area contributed by atoms with E-state index in [1.165, 1.54) is 7.05 Å². The number of sulfonamides is 1. The van der Waals surface area contributed by atoms with Crippen molar-refractivity contribution in [2.75, 3.05) is 22.9 Å². The van der Waals surface area contributed by atoms with Gasteiger partial charge in [-0.25, -0.2) is 8.42 Å². The zero-order chi connectivity index (χ0) is 21.9. The maximum Gasteiger partial charge on any atom is 0.256 e. The number of nitrogens with zero attached hydrogens (tertiary/aromatic N) is 1. The molecule has 0 bridgehead atoms. The lowest BCUT2D eigenvalue weighted by Crippen LogP contribution is -2.26. The molecule has 3 rings (SSSR count). The number of rotatable bonds is 6. The minimum Gasteiger partial charge on any atom is -0.455 e. The smallest absolute Gasteiger partial charge is 0.256 e. The second kappa shape index (κ2) is 8.77. The Bertz CT molecular complexity index is 1180. The number of carbonyl (C=O) groups excluding carboxylic acids is 1. The molecule has 0 heterocycles. The van der Waals surface area contributed by atoms with Gasteiger partial charge in [0.25, 0.3) is 5.91 Å². The van der Waals surface area contributed by atoms with E-state index in [1.54, 1.807) is 55.5 Å². The number of benzene rings is 3. The summed E-state index contributed by atoms with van der Waals surface area (Å²) in [5.74, 6) is 0.640. The quantitative estimate of drug-likeness (QED) is 0.574. The molecule has 0 unspecified atom stereocenters. The summed E-state index contributed by atoms with van der Waals surface area (Å²) in [7, 11) is -2.02. The van der Waals surface area contributed by atoms with Crippen LogP contribution in [0.15, 0.2) is 66.7 Å². The van der Waals surface area contributed by atoms with Gasteiger partial charge in [0.15, 0.2) is 5.75 Å². The molecule has 0 radical (unpaired) electrons. The van der Waals surface area contributed by atoms with Crippen LogP contribution in [0.4, 0.5) is 11.4 Å². The molecule has 1 amide bonds. The molecule has 30 heavy (non-hydrogen) atoms. The standard InChI is InChI=1S/C22H21ClN2O4S/c1-15-18(10-7-11-20(15)25(2)30(3,27)28)22(26)24-19-14-16(23)12-13-21(19)29-17-8-5-4-6-9-17/h4-14H,1-3H3,(H,24,26). The first-order chi connectivity index (χ1) is 14.2. The van der Waals surface area contributed by atoms with Crippen LogP contribution in [0.5, 0.6) is 11.5 Å². The van der Waals surface area contributed by atoms with Crippen molar-refractivity contribution >= 4 is 38.9 Å². The summed E-state index contributed by atoms with van der Waals surface area (Å²) in [4.78, 5) is 13.0. The summed E-state index contributed by atoms with van der Waals surface area (Å²) in [6.45, 7) is 1.70. The summed E-state index contributed by atoms with van der Waals surface area (Å²) < 4.78 is 30.8. The van der Waals surface area contributed by atoms with Crippen molar-refractivity contribution in [3.8, 4) is 11.5 Å². The predicted octanol–water partition coefficient (Wildman–Crippen LogP) is 5.09. The van der Waals surface area contributed by atoms with Gasteiger partial charge in [-0.3, -0.25) is 9.10 Å². The van der Waals surface area contributed by atoms with Crippen molar-refractivity contribution < 1.29 is 17.9 Å². The van der Waals surface area contributed by atoms with Gasteiger partial charge in [0.05, 0.1) is 17.6 Å². The maximum atomic E-state index is 13.0. The Morgan fingerprint density at radius 1 is 1.03 bits per heavy atom. The molecule has 0 aliphatic rings. The number of para-hydroxylation sites is 1. The highest BCUT2D eigenvalue weighted by Crippen LogP contribution is 2.33. The van der Waals surface area contributed by atoms with Crippen LogP contribution in [0.2, 0.25) is 5.02 Å². The number of amides is 1. The summed E-state index contributed by atoms with van der Waals surface area (Å²) in [6.07, 6.45) is 1.11. The van der Waals surface area contributed by atoms with Crippen molar-refractivity contribution in [1.29, 1.82) is 0 Å². The molecule has 0 saturated heterocycles. The van der Waals surface area contributed by atoms with Gasteiger partial charge in [-0.1, -0.05) is 35.9 Å². The van der Waals surface area contributed by atoms with Crippen LogP contribution in [0.1, 0.15) is 15.9 Å². The minimum absolute atomic E-state index is 0.341. The van der Waals surface area contributed by atoms with Gasteiger partial charge in [0.2, 0.25) is 10.0 Å². The Labute approximate surface area is 181 Å². The molecule has 0 fully saturated rings. The monoisotopic (exact) mass is 444 g/mol. The molecule has 0 atom stereocenters. The number of halogens is 1. The van der Waals surface area contributed by atoms with Crippen molar-refractivity contribution in [2.45, 2.75) is 6.92 Å². The lowest BCUT2D eigenvalue weighted by molar-refractivity contribution is 0.102. The molecular formula is C22H21ClN2O4S. The lowest BCUT2D eigenvalue weighted by Gasteiger charge is -2.20. The third kappa shape index (κ3) is 4.93. The van der Waals surface area contributed by atoms with Gasteiger partial charge in [-0.05, 0) is 55.0 Å². The van der Waals surface area contributed by atoms with E-state index in [0.29, 0.717) is 39.0 Å². The van der Waals surface area contributed by atoms with Crippen molar-refractivity contribution in [3.05, 3.63) is 82.9 Å². The van der Waals surface area contributed by atoms with E-state index in [-0.39, 0.29) is 0 Å². The molecule has 8 heteroatoms. The van der Waals surface area contributed by atoms with Gasteiger partial charge in [-0.2, -0.15) is 0 Å². The zero-order valence-electron chi connectivity index (χ0n) is 16.7. The highest BCUT2D eigenvalue weighted by Gasteiger charge is 2.19. The van der Waals surface area contributed by atoms with Crippen LogP contribution in [0, 0.1) is 6.92 Å². The molecule has 3 aromatic carbocycles. The molecule has 0 saturated carbocycles. The van der Waals surface area contributed by atoms with E-state index in [1.807, 2.05) is 18.2 Å². The second-order valence-electron chi connectivity index (χ2n) is 6.69. The van der Waals surface area contributed by atoms with Crippen LogP contribution in [-0.2, 0) is 10.0 Å². The molecule has 0 spiro atoms. The molecule has 0 aliphatic heterocycles. The van der Waals surface area contributed by atoms with E-state index in [4.69, 9.17) is 16.3 Å². The van der Waals surface area contributed by atoms with Crippen LogP contribution in [0.3, 0.4) is 0 Å². The summed E-state index contributed by atoms with van der Waals surface area (Å²) in [6, 6.07) is 19.0. The fraction of sp³-hybridized carbons (Fsp3) is 0.136. The van der Waals surface area contributed by atoms with Crippen molar-refractivity contribution in [3.63, 3.8) is 0 Å². The molecule has 6 nitrogen and oxygen atoms in total. The number of nitrogens with one attached hydrogen (secondary N) is 1. The number of anilines is 2. The number of hydrogen-bond acceptors (Lipinski definition) is 4. The average Bonchev–Trinajstić information content (AvgIpc) is 2.69. The highest BCUT2D eigenvalue weighted by molar-refractivity contribution is 7.92. The number of hydrogen-bond donors (Lipinski definition) is 1.